The first-order chi connectivity index (χ1) is 4.30. The predicted molar refractivity (Wildman–Crippen MR) is 40.6 cm³/mol. The average molecular weight is 121 g/mol. The fourth-order valence-corrected chi connectivity index (χ4v) is 0.718. The summed E-state index contributed by atoms with van der Waals surface area (Å²) >= 11 is 0. The summed E-state index contributed by atoms with van der Waals surface area (Å²) in [4.78, 5) is 4.06. The lowest BCUT2D eigenvalue weighted by molar-refractivity contribution is 1.31. The van der Waals surface area contributed by atoms with Crippen LogP contribution in [0.2, 0.25) is 0 Å². The highest BCUT2D eigenvalue weighted by Crippen LogP contribution is 2.10. The molecule has 0 bridgehead atoms. The van der Waals surface area contributed by atoms with Crippen molar-refractivity contribution >= 4 is 6.21 Å². The molecule has 1 aliphatic rings. The van der Waals surface area contributed by atoms with Gasteiger partial charge in [-0.2, -0.15) is 0 Å². The molecule has 0 aromatic rings. The highest BCUT2D eigenvalue weighted by atomic mass is 14.7. The van der Waals surface area contributed by atoms with Gasteiger partial charge in [0.25, 0.3) is 0 Å². The molecule has 0 aromatic heterocycles. The second-order valence-electron chi connectivity index (χ2n) is 2.27. The summed E-state index contributed by atoms with van der Waals surface area (Å²) in [6.07, 6.45) is 6.97. The molecule has 0 amide bonds. The van der Waals surface area contributed by atoms with Crippen molar-refractivity contribution in [2.24, 2.45) is 4.99 Å². The predicted octanol–water partition coefficient (Wildman–Crippen LogP) is 2.31. The van der Waals surface area contributed by atoms with Crippen molar-refractivity contribution in [1.29, 1.82) is 0 Å². The fraction of sp³-hybridized carbons (Fsp3) is 0.375. The van der Waals surface area contributed by atoms with E-state index in [9.17, 15) is 0 Å². The minimum atomic E-state index is 0.972. The molecular weight excluding hydrogens is 110 g/mol. The van der Waals surface area contributed by atoms with Gasteiger partial charge >= 0.3 is 0 Å². The molecule has 0 aliphatic carbocycles. The molecule has 0 spiro atoms. The molecule has 0 aromatic carbocycles. The fourth-order valence-electron chi connectivity index (χ4n) is 0.718. The standard InChI is InChI=1S/C8H11N/c1-7-4-3-5-9-6-8(7)2/h4-6H,3H2,1-2H3. The Bertz CT molecular complexity index is 185. The van der Waals surface area contributed by atoms with E-state index in [1.807, 2.05) is 12.4 Å². The van der Waals surface area contributed by atoms with Crippen LogP contribution in [0.5, 0.6) is 0 Å². The average Bonchev–Trinajstić information content (AvgIpc) is 1.99. The first kappa shape index (κ1) is 6.27. The number of nitrogens with zero attached hydrogens (tertiary/aromatic N) is 1. The largest absolute Gasteiger partial charge is 0.268 e. The van der Waals surface area contributed by atoms with Crippen LogP contribution in [0, 0.1) is 0 Å². The minimum Gasteiger partial charge on any atom is -0.268 e. The molecule has 9 heavy (non-hydrogen) atoms. The summed E-state index contributed by atoms with van der Waals surface area (Å²) in [6, 6.07) is 0. The smallest absolute Gasteiger partial charge is 0.0295 e. The van der Waals surface area contributed by atoms with E-state index in [1.165, 1.54) is 11.1 Å². The number of aliphatic imine (C=N–C) groups is 1. The Morgan fingerprint density at radius 2 is 2.11 bits per heavy atom. The van der Waals surface area contributed by atoms with E-state index in [2.05, 4.69) is 24.9 Å². The van der Waals surface area contributed by atoms with Crippen molar-refractivity contribution in [3.8, 4) is 0 Å². The van der Waals surface area contributed by atoms with E-state index in [4.69, 9.17) is 0 Å². The molecule has 0 saturated carbocycles. The van der Waals surface area contributed by atoms with Gasteiger partial charge in [0.15, 0.2) is 0 Å². The Labute approximate surface area is 55.8 Å². The zero-order valence-corrected chi connectivity index (χ0v) is 5.89. The van der Waals surface area contributed by atoms with Crippen LogP contribution in [0.1, 0.15) is 20.3 Å². The minimum absolute atomic E-state index is 0.972. The Balaban J connectivity index is 2.85. The molecule has 1 aliphatic heterocycles. The zero-order valence-electron chi connectivity index (χ0n) is 5.89. The van der Waals surface area contributed by atoms with E-state index >= 15 is 0 Å². The molecule has 0 fully saturated rings. The molecule has 48 valence electrons. The molecule has 1 nitrogen and oxygen atoms in total. The monoisotopic (exact) mass is 121 g/mol. The van der Waals surface area contributed by atoms with E-state index in [-0.39, 0.29) is 0 Å². The number of hydrogen-bond donors (Lipinski definition) is 0. The summed E-state index contributed by atoms with van der Waals surface area (Å²) in [5.41, 5.74) is 2.61. The quantitative estimate of drug-likeness (QED) is 0.466. The van der Waals surface area contributed by atoms with Crippen molar-refractivity contribution in [3.63, 3.8) is 0 Å². The maximum atomic E-state index is 4.06. The van der Waals surface area contributed by atoms with Gasteiger partial charge in [0.05, 0.1) is 0 Å². The number of rotatable bonds is 0. The second-order valence-corrected chi connectivity index (χ2v) is 2.27. The summed E-state index contributed by atoms with van der Waals surface area (Å²) in [6.45, 7) is 4.19. The van der Waals surface area contributed by atoms with Crippen LogP contribution in [0.25, 0.3) is 0 Å². The second kappa shape index (κ2) is 2.62. The van der Waals surface area contributed by atoms with Gasteiger partial charge in [-0.05, 0) is 19.4 Å². The van der Waals surface area contributed by atoms with Crippen molar-refractivity contribution in [3.05, 3.63) is 23.4 Å². The van der Waals surface area contributed by atoms with Crippen molar-refractivity contribution in [1.82, 2.24) is 0 Å². The maximum absolute atomic E-state index is 4.06. The number of hydrogen-bond acceptors (Lipinski definition) is 1. The normalized spacial score (nSPS) is 18.4. The lowest BCUT2D eigenvalue weighted by Crippen LogP contribution is -1.75. The van der Waals surface area contributed by atoms with Crippen molar-refractivity contribution < 1.29 is 0 Å². The highest BCUT2D eigenvalue weighted by Gasteiger charge is 1.92. The molecule has 0 N–H and O–H groups in total. The van der Waals surface area contributed by atoms with Crippen molar-refractivity contribution in [2.45, 2.75) is 20.3 Å². The molecule has 0 unspecified atom stereocenters. The van der Waals surface area contributed by atoms with Crippen LogP contribution in [0.3, 0.4) is 0 Å². The molecule has 0 radical (unpaired) electrons. The molecule has 1 heteroatoms. The van der Waals surface area contributed by atoms with Crippen LogP contribution in [0.15, 0.2) is 28.4 Å². The summed E-state index contributed by atoms with van der Waals surface area (Å²) < 4.78 is 0. The lowest BCUT2D eigenvalue weighted by Gasteiger charge is -1.94. The van der Waals surface area contributed by atoms with Gasteiger partial charge in [0, 0.05) is 18.8 Å². The third-order valence-corrected chi connectivity index (χ3v) is 1.53. The Hall–Kier alpha value is -0.850. The molecular formula is C8H11N. The SMILES string of the molecule is CC1=CCC=NC=C1C. The Morgan fingerprint density at radius 1 is 1.33 bits per heavy atom. The summed E-state index contributed by atoms with van der Waals surface area (Å²) in [5.74, 6) is 0. The topological polar surface area (TPSA) is 12.4 Å². The molecule has 0 atom stereocenters. The van der Waals surface area contributed by atoms with Crippen LogP contribution in [-0.2, 0) is 0 Å². The van der Waals surface area contributed by atoms with Crippen LogP contribution >= 0.6 is 0 Å². The zero-order chi connectivity index (χ0) is 6.69. The van der Waals surface area contributed by atoms with Gasteiger partial charge in [-0.25, -0.2) is 0 Å². The molecule has 1 rings (SSSR count). The highest BCUT2D eigenvalue weighted by molar-refractivity contribution is 5.62. The summed E-state index contributed by atoms with van der Waals surface area (Å²) in [7, 11) is 0. The summed E-state index contributed by atoms with van der Waals surface area (Å²) in [5, 5.41) is 0. The molecule has 0 saturated heterocycles. The van der Waals surface area contributed by atoms with Crippen molar-refractivity contribution in [2.75, 3.05) is 0 Å². The maximum Gasteiger partial charge on any atom is 0.0295 e. The van der Waals surface area contributed by atoms with Gasteiger partial charge in [-0.3, -0.25) is 4.99 Å². The van der Waals surface area contributed by atoms with Crippen LogP contribution < -0.4 is 0 Å². The lowest BCUT2D eigenvalue weighted by atomic mass is 10.1. The van der Waals surface area contributed by atoms with E-state index in [0.29, 0.717) is 0 Å². The Morgan fingerprint density at radius 3 is 2.89 bits per heavy atom. The number of allylic oxidation sites excluding steroid dienone is 3. The third kappa shape index (κ3) is 1.53. The molecule has 1 heterocycles. The third-order valence-electron chi connectivity index (χ3n) is 1.53. The van der Waals surface area contributed by atoms with E-state index < -0.39 is 0 Å². The van der Waals surface area contributed by atoms with E-state index in [1.54, 1.807) is 0 Å². The van der Waals surface area contributed by atoms with Gasteiger partial charge in [-0.1, -0.05) is 11.6 Å². The van der Waals surface area contributed by atoms with Gasteiger partial charge < -0.3 is 0 Å². The van der Waals surface area contributed by atoms with E-state index in [0.717, 1.165) is 6.42 Å². The Kier molecular flexibility index (Phi) is 1.83. The van der Waals surface area contributed by atoms with Crippen LogP contribution in [-0.4, -0.2) is 6.21 Å². The van der Waals surface area contributed by atoms with Gasteiger partial charge in [-0.15, -0.1) is 0 Å². The first-order valence-electron chi connectivity index (χ1n) is 3.16. The first-order valence-corrected chi connectivity index (χ1v) is 3.16. The van der Waals surface area contributed by atoms with Gasteiger partial charge in [0.2, 0.25) is 0 Å². The van der Waals surface area contributed by atoms with Gasteiger partial charge in [0.1, 0.15) is 0 Å². The van der Waals surface area contributed by atoms with Crippen LogP contribution in [0.4, 0.5) is 0 Å².